The molecule has 0 N–H and O–H groups in total. The van der Waals surface area contributed by atoms with Crippen LogP contribution in [0.5, 0.6) is 0 Å². The first-order valence-corrected chi connectivity index (χ1v) is 9.67. The Bertz CT molecular complexity index is 977. The summed E-state index contributed by atoms with van der Waals surface area (Å²) >= 11 is 0. The van der Waals surface area contributed by atoms with E-state index < -0.39 is 0 Å². The second kappa shape index (κ2) is 8.21. The lowest BCUT2D eigenvalue weighted by molar-refractivity contribution is -0.127. The summed E-state index contributed by atoms with van der Waals surface area (Å²) in [5.74, 6) is -0.0145. The first-order chi connectivity index (χ1) is 13.7. The number of likely N-dealkylation sites (N-methyl/N-ethyl adjacent to an activating group) is 1. The second-order valence-electron chi connectivity index (χ2n) is 7.22. The maximum Gasteiger partial charge on any atom is 0.246 e. The van der Waals surface area contributed by atoms with E-state index in [0.29, 0.717) is 12.2 Å². The summed E-state index contributed by atoms with van der Waals surface area (Å²) in [5, 5.41) is 8.29. The Hall–Kier alpha value is -3.21. The standard InChI is InChI=1S/C23H24N4O/c1-26(22-13-7-11-19-10-5-6-12-21(19)22)23(28)15-14-20-17-27(25-24-20)16-18-8-3-2-4-9-18/h2-6,8-10,12,14-15,17,22H,7,11,13,16H2,1H3/b15-14+/t22-/m1/s1. The molecule has 1 aromatic heterocycles. The molecule has 1 heterocycles. The zero-order chi connectivity index (χ0) is 19.3. The van der Waals surface area contributed by atoms with E-state index in [-0.39, 0.29) is 11.9 Å². The molecule has 0 fully saturated rings. The molecule has 4 rings (SSSR count). The van der Waals surface area contributed by atoms with E-state index in [1.165, 1.54) is 11.1 Å². The Kier molecular flexibility index (Phi) is 5.33. The molecule has 0 radical (unpaired) electrons. The Morgan fingerprint density at radius 3 is 2.82 bits per heavy atom. The number of hydrogen-bond acceptors (Lipinski definition) is 3. The lowest BCUT2D eigenvalue weighted by atomic mass is 9.87. The molecule has 1 amide bonds. The molecule has 0 aliphatic heterocycles. The Labute approximate surface area is 165 Å². The SMILES string of the molecule is CN(C(=O)/C=C/c1cn(Cc2ccccc2)nn1)[C@@H]1CCCc2ccccc21. The van der Waals surface area contributed by atoms with Crippen LogP contribution in [0.15, 0.2) is 66.9 Å². The first-order valence-electron chi connectivity index (χ1n) is 9.67. The first kappa shape index (κ1) is 18.2. The molecule has 1 atom stereocenters. The minimum atomic E-state index is -0.0145. The van der Waals surface area contributed by atoms with Crippen molar-refractivity contribution in [3.63, 3.8) is 0 Å². The lowest BCUT2D eigenvalue weighted by Crippen LogP contribution is -2.32. The van der Waals surface area contributed by atoms with Crippen LogP contribution >= 0.6 is 0 Å². The van der Waals surface area contributed by atoms with Gasteiger partial charge in [-0.2, -0.15) is 0 Å². The van der Waals surface area contributed by atoms with Gasteiger partial charge in [-0.15, -0.1) is 5.10 Å². The van der Waals surface area contributed by atoms with Crippen LogP contribution in [-0.2, 0) is 17.8 Å². The van der Waals surface area contributed by atoms with E-state index in [1.807, 2.05) is 36.3 Å². The number of hydrogen-bond donors (Lipinski definition) is 0. The van der Waals surface area contributed by atoms with E-state index in [1.54, 1.807) is 16.8 Å². The van der Waals surface area contributed by atoms with Gasteiger partial charge < -0.3 is 4.90 Å². The zero-order valence-corrected chi connectivity index (χ0v) is 16.0. The fourth-order valence-electron chi connectivity index (χ4n) is 3.80. The van der Waals surface area contributed by atoms with Crippen molar-refractivity contribution in [3.05, 3.63) is 89.3 Å². The van der Waals surface area contributed by atoms with Crippen molar-refractivity contribution in [3.8, 4) is 0 Å². The van der Waals surface area contributed by atoms with E-state index in [4.69, 9.17) is 0 Å². The molecule has 0 bridgehead atoms. The van der Waals surface area contributed by atoms with Gasteiger partial charge >= 0.3 is 0 Å². The average molecular weight is 372 g/mol. The van der Waals surface area contributed by atoms with Gasteiger partial charge in [0.25, 0.3) is 0 Å². The summed E-state index contributed by atoms with van der Waals surface area (Å²) in [5.41, 5.74) is 4.47. The van der Waals surface area contributed by atoms with Gasteiger partial charge in [0.2, 0.25) is 5.91 Å². The molecule has 0 unspecified atom stereocenters. The third-order valence-corrected chi connectivity index (χ3v) is 5.29. The molecule has 1 aliphatic rings. The zero-order valence-electron chi connectivity index (χ0n) is 16.0. The van der Waals surface area contributed by atoms with Gasteiger partial charge in [-0.05, 0) is 42.0 Å². The van der Waals surface area contributed by atoms with Crippen molar-refractivity contribution in [1.29, 1.82) is 0 Å². The number of benzene rings is 2. The normalized spacial score (nSPS) is 16.1. The van der Waals surface area contributed by atoms with Gasteiger partial charge in [0.05, 0.1) is 18.8 Å². The largest absolute Gasteiger partial charge is 0.335 e. The van der Waals surface area contributed by atoms with Gasteiger partial charge in [0, 0.05) is 13.1 Å². The molecule has 0 saturated carbocycles. The van der Waals surface area contributed by atoms with Crippen LogP contribution in [0.3, 0.4) is 0 Å². The van der Waals surface area contributed by atoms with Crippen LogP contribution in [0.4, 0.5) is 0 Å². The smallest absolute Gasteiger partial charge is 0.246 e. The summed E-state index contributed by atoms with van der Waals surface area (Å²) in [7, 11) is 1.88. The lowest BCUT2D eigenvalue weighted by Gasteiger charge is -2.32. The molecule has 5 nitrogen and oxygen atoms in total. The molecular formula is C23H24N4O. The van der Waals surface area contributed by atoms with Crippen LogP contribution in [-0.4, -0.2) is 32.8 Å². The molecule has 0 saturated heterocycles. The number of carbonyl (C=O) groups is 1. The van der Waals surface area contributed by atoms with Crippen LogP contribution in [0.1, 0.15) is 41.3 Å². The van der Waals surface area contributed by atoms with Crippen LogP contribution in [0.25, 0.3) is 6.08 Å². The minimum Gasteiger partial charge on any atom is -0.335 e. The van der Waals surface area contributed by atoms with E-state index in [9.17, 15) is 4.79 Å². The molecule has 142 valence electrons. The highest BCUT2D eigenvalue weighted by atomic mass is 16.2. The Morgan fingerprint density at radius 1 is 1.18 bits per heavy atom. The third kappa shape index (κ3) is 4.03. The predicted octanol–water partition coefficient (Wildman–Crippen LogP) is 3.88. The van der Waals surface area contributed by atoms with Crippen LogP contribution < -0.4 is 0 Å². The molecular weight excluding hydrogens is 348 g/mol. The summed E-state index contributed by atoms with van der Waals surface area (Å²) in [6, 6.07) is 18.7. The van der Waals surface area contributed by atoms with E-state index >= 15 is 0 Å². The molecule has 3 aromatic rings. The minimum absolute atomic E-state index is 0.0145. The van der Waals surface area contributed by atoms with Gasteiger partial charge in [0.15, 0.2) is 0 Å². The summed E-state index contributed by atoms with van der Waals surface area (Å²) in [6.45, 7) is 0.661. The van der Waals surface area contributed by atoms with Gasteiger partial charge in [0.1, 0.15) is 5.69 Å². The molecule has 1 aliphatic carbocycles. The quantitative estimate of drug-likeness (QED) is 0.639. The van der Waals surface area contributed by atoms with Crippen molar-refractivity contribution in [2.45, 2.75) is 31.8 Å². The fraction of sp³-hybridized carbons (Fsp3) is 0.261. The summed E-state index contributed by atoms with van der Waals surface area (Å²) in [6.07, 6.45) is 8.38. The highest BCUT2D eigenvalue weighted by Crippen LogP contribution is 2.33. The maximum absolute atomic E-state index is 12.7. The van der Waals surface area contributed by atoms with Gasteiger partial charge in [-0.1, -0.05) is 59.8 Å². The van der Waals surface area contributed by atoms with E-state index in [0.717, 1.165) is 24.8 Å². The summed E-state index contributed by atoms with van der Waals surface area (Å²) < 4.78 is 1.78. The number of aryl methyl sites for hydroxylation is 1. The molecule has 28 heavy (non-hydrogen) atoms. The number of carbonyl (C=O) groups excluding carboxylic acids is 1. The average Bonchev–Trinajstić information content (AvgIpc) is 3.19. The molecule has 0 spiro atoms. The number of fused-ring (bicyclic) bond motifs is 1. The molecule has 5 heteroatoms. The van der Waals surface area contributed by atoms with Crippen LogP contribution in [0, 0.1) is 0 Å². The van der Waals surface area contributed by atoms with E-state index in [2.05, 4.69) is 46.7 Å². The van der Waals surface area contributed by atoms with Gasteiger partial charge in [-0.3, -0.25) is 4.79 Å². The number of nitrogens with zero attached hydrogens (tertiary/aromatic N) is 4. The maximum atomic E-state index is 12.7. The highest BCUT2D eigenvalue weighted by Gasteiger charge is 2.25. The predicted molar refractivity (Wildman–Crippen MR) is 109 cm³/mol. The Balaban J connectivity index is 1.42. The van der Waals surface area contributed by atoms with Crippen molar-refractivity contribution in [2.24, 2.45) is 0 Å². The van der Waals surface area contributed by atoms with Crippen molar-refractivity contribution >= 4 is 12.0 Å². The number of amides is 1. The van der Waals surface area contributed by atoms with Gasteiger partial charge in [-0.25, -0.2) is 4.68 Å². The fourth-order valence-corrected chi connectivity index (χ4v) is 3.80. The Morgan fingerprint density at radius 2 is 1.96 bits per heavy atom. The monoisotopic (exact) mass is 372 g/mol. The number of aromatic nitrogens is 3. The topological polar surface area (TPSA) is 51.0 Å². The summed E-state index contributed by atoms with van der Waals surface area (Å²) in [4.78, 5) is 14.5. The molecule has 2 aromatic carbocycles. The number of rotatable bonds is 5. The third-order valence-electron chi connectivity index (χ3n) is 5.29. The highest BCUT2D eigenvalue weighted by molar-refractivity contribution is 5.91. The van der Waals surface area contributed by atoms with Crippen molar-refractivity contribution in [2.75, 3.05) is 7.05 Å². The second-order valence-corrected chi connectivity index (χ2v) is 7.22. The van der Waals surface area contributed by atoms with Crippen molar-refractivity contribution < 1.29 is 4.79 Å². The van der Waals surface area contributed by atoms with Crippen LogP contribution in [0.2, 0.25) is 0 Å². The van der Waals surface area contributed by atoms with Crippen molar-refractivity contribution in [1.82, 2.24) is 19.9 Å².